The highest BCUT2D eigenvalue weighted by atomic mass is 32.1. The Morgan fingerprint density at radius 3 is 2.53 bits per heavy atom. The van der Waals surface area contributed by atoms with Gasteiger partial charge in [-0.1, -0.05) is 23.5 Å². The van der Waals surface area contributed by atoms with Crippen molar-refractivity contribution < 1.29 is 4.79 Å². The van der Waals surface area contributed by atoms with Gasteiger partial charge in [0.25, 0.3) is 0 Å². The predicted octanol–water partition coefficient (Wildman–Crippen LogP) is 4.17. The van der Waals surface area contributed by atoms with Gasteiger partial charge in [0.15, 0.2) is 5.82 Å². The molecule has 2 atom stereocenters. The molecule has 0 saturated heterocycles. The molecule has 4 aromatic heterocycles. The molecule has 1 saturated carbocycles. The average Bonchev–Trinajstić information content (AvgIpc) is 3.51. The van der Waals surface area contributed by atoms with E-state index >= 15 is 0 Å². The third kappa shape index (κ3) is 5.76. The lowest BCUT2D eigenvalue weighted by molar-refractivity contribution is -0.115. The molecule has 4 heterocycles. The Hall–Kier alpha value is -3.79. The van der Waals surface area contributed by atoms with Crippen LogP contribution in [-0.2, 0) is 17.6 Å². The highest BCUT2D eigenvalue weighted by Gasteiger charge is 2.29. The second-order valence-corrected chi connectivity index (χ2v) is 9.33. The number of aromatic nitrogens is 6. The summed E-state index contributed by atoms with van der Waals surface area (Å²) in [4.78, 5) is 20.6. The molecule has 0 aromatic carbocycles. The largest absolute Gasteiger partial charge is 0.315 e. The SMILES string of the molecule is O=C(Cc1ccccn1)Nc1ccc(C[C@H]2CCC(c3nnc(Nc4ccccn4)s3)C2)nn1. The second kappa shape index (κ2) is 10.4. The lowest BCUT2D eigenvalue weighted by Gasteiger charge is -2.09. The van der Waals surface area contributed by atoms with Crippen LogP contribution in [-0.4, -0.2) is 36.3 Å². The lowest BCUT2D eigenvalue weighted by Crippen LogP contribution is -2.16. The fourth-order valence-electron chi connectivity index (χ4n) is 4.17. The standard InChI is InChI=1S/C24H24N8OS/c33-22(15-18-5-1-3-11-25-18)27-21-10-9-19(29-30-21)14-16-7-8-17(13-16)23-31-32-24(34-23)28-20-6-2-4-12-26-20/h1-6,9-12,16-17H,7-8,13-15H2,(H,26,28,32)(H,27,30,33)/t16-,17?/m0/s1. The van der Waals surface area contributed by atoms with Gasteiger partial charge in [0, 0.05) is 24.0 Å². The molecule has 4 aromatic rings. The molecule has 1 aliphatic carbocycles. The fourth-order valence-corrected chi connectivity index (χ4v) is 5.06. The zero-order chi connectivity index (χ0) is 23.2. The van der Waals surface area contributed by atoms with E-state index in [1.54, 1.807) is 23.7 Å². The van der Waals surface area contributed by atoms with Crippen molar-refractivity contribution in [3.05, 3.63) is 77.3 Å². The number of carbonyl (C=O) groups is 1. The van der Waals surface area contributed by atoms with Crippen LogP contribution in [0.1, 0.15) is 41.6 Å². The molecule has 0 radical (unpaired) electrons. The van der Waals surface area contributed by atoms with E-state index in [0.29, 0.717) is 17.7 Å². The van der Waals surface area contributed by atoms with Gasteiger partial charge < -0.3 is 10.6 Å². The number of pyridine rings is 2. The summed E-state index contributed by atoms with van der Waals surface area (Å²) in [5.74, 6) is 2.01. The molecular formula is C24H24N8OS. The summed E-state index contributed by atoms with van der Waals surface area (Å²) in [5, 5.41) is 25.0. The summed E-state index contributed by atoms with van der Waals surface area (Å²) in [6.07, 6.45) is 7.77. The number of nitrogens with one attached hydrogen (secondary N) is 2. The van der Waals surface area contributed by atoms with Gasteiger partial charge in [0.1, 0.15) is 10.8 Å². The maximum Gasteiger partial charge on any atom is 0.231 e. The first-order chi connectivity index (χ1) is 16.7. The van der Waals surface area contributed by atoms with Gasteiger partial charge in [-0.2, -0.15) is 5.10 Å². The average molecular weight is 473 g/mol. The molecule has 0 spiro atoms. The summed E-state index contributed by atoms with van der Waals surface area (Å²) in [6, 6.07) is 15.0. The first-order valence-electron chi connectivity index (χ1n) is 11.2. The minimum absolute atomic E-state index is 0.159. The van der Waals surface area contributed by atoms with Gasteiger partial charge in [-0.05, 0) is 68.0 Å². The molecule has 34 heavy (non-hydrogen) atoms. The number of anilines is 3. The van der Waals surface area contributed by atoms with Crippen molar-refractivity contribution in [2.75, 3.05) is 10.6 Å². The van der Waals surface area contributed by atoms with Crippen molar-refractivity contribution in [3.63, 3.8) is 0 Å². The molecule has 0 bridgehead atoms. The highest BCUT2D eigenvalue weighted by Crippen LogP contribution is 2.41. The van der Waals surface area contributed by atoms with Crippen LogP contribution < -0.4 is 10.6 Å². The Bertz CT molecular complexity index is 1220. The van der Waals surface area contributed by atoms with Crippen LogP contribution in [0.4, 0.5) is 16.8 Å². The van der Waals surface area contributed by atoms with E-state index in [0.717, 1.165) is 53.0 Å². The van der Waals surface area contributed by atoms with E-state index in [-0.39, 0.29) is 12.3 Å². The Kier molecular flexibility index (Phi) is 6.76. The monoisotopic (exact) mass is 472 g/mol. The zero-order valence-electron chi connectivity index (χ0n) is 18.5. The van der Waals surface area contributed by atoms with E-state index < -0.39 is 0 Å². The molecule has 9 nitrogen and oxygen atoms in total. The number of hydrogen-bond donors (Lipinski definition) is 2. The van der Waals surface area contributed by atoms with E-state index in [1.807, 2.05) is 48.5 Å². The highest BCUT2D eigenvalue weighted by molar-refractivity contribution is 7.15. The van der Waals surface area contributed by atoms with Crippen molar-refractivity contribution in [1.82, 2.24) is 30.4 Å². The van der Waals surface area contributed by atoms with Crippen LogP contribution in [0.3, 0.4) is 0 Å². The van der Waals surface area contributed by atoms with Gasteiger partial charge >= 0.3 is 0 Å². The Balaban J connectivity index is 1.11. The quantitative estimate of drug-likeness (QED) is 0.392. The second-order valence-electron chi connectivity index (χ2n) is 8.32. The van der Waals surface area contributed by atoms with E-state index in [9.17, 15) is 4.79 Å². The summed E-state index contributed by atoms with van der Waals surface area (Å²) in [5.41, 5.74) is 1.65. The van der Waals surface area contributed by atoms with Crippen molar-refractivity contribution in [2.45, 2.75) is 38.0 Å². The normalized spacial score (nSPS) is 17.4. The van der Waals surface area contributed by atoms with Crippen LogP contribution in [0.5, 0.6) is 0 Å². The Labute approximate surface area is 201 Å². The maximum absolute atomic E-state index is 12.2. The molecule has 2 N–H and O–H groups in total. The van der Waals surface area contributed by atoms with Gasteiger partial charge in [0.2, 0.25) is 11.0 Å². The topological polar surface area (TPSA) is 118 Å². The summed E-state index contributed by atoms with van der Waals surface area (Å²) < 4.78 is 0. The van der Waals surface area contributed by atoms with Crippen molar-refractivity contribution in [3.8, 4) is 0 Å². The van der Waals surface area contributed by atoms with Crippen LogP contribution in [0.15, 0.2) is 60.9 Å². The van der Waals surface area contributed by atoms with Gasteiger partial charge in [-0.25, -0.2) is 4.98 Å². The van der Waals surface area contributed by atoms with Gasteiger partial charge in [0.05, 0.1) is 12.1 Å². The van der Waals surface area contributed by atoms with E-state index in [1.165, 1.54) is 0 Å². The molecule has 0 aliphatic heterocycles. The third-order valence-corrected chi connectivity index (χ3v) is 6.79. The Morgan fingerprint density at radius 1 is 0.882 bits per heavy atom. The van der Waals surface area contributed by atoms with Crippen LogP contribution in [0.2, 0.25) is 0 Å². The zero-order valence-corrected chi connectivity index (χ0v) is 19.3. The lowest BCUT2D eigenvalue weighted by atomic mass is 10.00. The summed E-state index contributed by atoms with van der Waals surface area (Å²) >= 11 is 1.60. The summed E-state index contributed by atoms with van der Waals surface area (Å²) in [6.45, 7) is 0. The van der Waals surface area contributed by atoms with Crippen molar-refractivity contribution in [1.29, 1.82) is 0 Å². The number of amides is 1. The molecule has 1 amide bonds. The molecule has 5 rings (SSSR count). The first-order valence-corrected chi connectivity index (χ1v) is 12.1. The van der Waals surface area contributed by atoms with E-state index in [2.05, 4.69) is 41.0 Å². The smallest absolute Gasteiger partial charge is 0.231 e. The molecule has 172 valence electrons. The molecular weight excluding hydrogens is 448 g/mol. The van der Waals surface area contributed by atoms with Crippen molar-refractivity contribution >= 4 is 34.0 Å². The summed E-state index contributed by atoms with van der Waals surface area (Å²) in [7, 11) is 0. The van der Waals surface area contributed by atoms with Gasteiger partial charge in [-0.3, -0.25) is 9.78 Å². The molecule has 10 heteroatoms. The van der Waals surface area contributed by atoms with E-state index in [4.69, 9.17) is 0 Å². The predicted molar refractivity (Wildman–Crippen MR) is 130 cm³/mol. The third-order valence-electron chi connectivity index (χ3n) is 5.78. The Morgan fingerprint density at radius 2 is 1.76 bits per heavy atom. The first kappa shape index (κ1) is 22.0. The number of hydrogen-bond acceptors (Lipinski definition) is 9. The van der Waals surface area contributed by atoms with Gasteiger partial charge in [-0.15, -0.1) is 15.3 Å². The molecule has 1 fully saturated rings. The molecule has 1 unspecified atom stereocenters. The van der Waals surface area contributed by atoms with Crippen LogP contribution in [0.25, 0.3) is 0 Å². The maximum atomic E-state index is 12.2. The van der Waals surface area contributed by atoms with Crippen LogP contribution >= 0.6 is 11.3 Å². The van der Waals surface area contributed by atoms with Crippen LogP contribution in [0, 0.1) is 5.92 Å². The molecule has 1 aliphatic rings. The minimum atomic E-state index is -0.159. The van der Waals surface area contributed by atoms with Crippen molar-refractivity contribution in [2.24, 2.45) is 5.92 Å². The fraction of sp³-hybridized carbons (Fsp3) is 0.292. The minimum Gasteiger partial charge on any atom is -0.315 e. The number of nitrogens with zero attached hydrogens (tertiary/aromatic N) is 6. The number of rotatable bonds is 8. The number of carbonyl (C=O) groups excluding carboxylic acids is 1.